The molecule has 2 atom stereocenters. The molecular formula is C22H18Cl3F2N3. The second-order valence-electron chi connectivity index (χ2n) is 6.76. The molecule has 3 aromatic rings. The molecule has 0 amide bonds. The Morgan fingerprint density at radius 2 is 1.53 bits per heavy atom. The number of benzene rings is 3. The average molecular weight is 469 g/mol. The van der Waals surface area contributed by atoms with Gasteiger partial charge in [0.05, 0.1) is 6.04 Å². The normalized spacial score (nSPS) is 17.7. The maximum absolute atomic E-state index is 13.4. The second-order valence-corrected chi connectivity index (χ2v) is 7.63. The minimum atomic E-state index is -0.876. The maximum atomic E-state index is 13.4. The third-order valence-corrected chi connectivity index (χ3v) is 5.19. The molecule has 1 aliphatic rings. The third-order valence-electron chi connectivity index (χ3n) is 4.72. The summed E-state index contributed by atoms with van der Waals surface area (Å²) in [5.74, 6) is -1.18. The molecule has 30 heavy (non-hydrogen) atoms. The minimum absolute atomic E-state index is 0. The molecule has 0 saturated heterocycles. The first-order valence-electron chi connectivity index (χ1n) is 9.02. The summed E-state index contributed by atoms with van der Waals surface area (Å²) >= 11 is 12.4. The van der Waals surface area contributed by atoms with Gasteiger partial charge in [-0.05, 0) is 53.1 Å². The Morgan fingerprint density at radius 1 is 0.867 bits per heavy atom. The third kappa shape index (κ3) is 5.04. The zero-order valence-corrected chi connectivity index (χ0v) is 17.9. The van der Waals surface area contributed by atoms with E-state index in [1.165, 1.54) is 12.1 Å². The van der Waals surface area contributed by atoms with Crippen LogP contribution in [0.25, 0.3) is 0 Å². The van der Waals surface area contributed by atoms with E-state index < -0.39 is 11.6 Å². The predicted molar refractivity (Wildman–Crippen MR) is 119 cm³/mol. The number of halogens is 5. The summed E-state index contributed by atoms with van der Waals surface area (Å²) in [4.78, 5) is 4.77. The quantitative estimate of drug-likeness (QED) is 0.476. The summed E-state index contributed by atoms with van der Waals surface area (Å²) in [6.07, 6.45) is 0. The van der Waals surface area contributed by atoms with Crippen molar-refractivity contribution in [2.45, 2.75) is 18.6 Å². The zero-order valence-electron chi connectivity index (χ0n) is 15.6. The van der Waals surface area contributed by atoms with Gasteiger partial charge in [0.25, 0.3) is 0 Å². The van der Waals surface area contributed by atoms with Crippen LogP contribution in [0.2, 0.25) is 10.0 Å². The largest absolute Gasteiger partial charge is 0.352 e. The van der Waals surface area contributed by atoms with E-state index in [-0.39, 0.29) is 24.5 Å². The first-order valence-corrected chi connectivity index (χ1v) is 9.78. The zero-order chi connectivity index (χ0) is 20.4. The van der Waals surface area contributed by atoms with Gasteiger partial charge in [0.15, 0.2) is 17.6 Å². The predicted octanol–water partition coefficient (Wildman–Crippen LogP) is 6.22. The first kappa shape index (κ1) is 22.3. The van der Waals surface area contributed by atoms with Gasteiger partial charge in [-0.15, -0.1) is 12.4 Å². The fourth-order valence-electron chi connectivity index (χ4n) is 3.33. The van der Waals surface area contributed by atoms with Gasteiger partial charge < -0.3 is 10.6 Å². The number of nitrogens with zero attached hydrogens (tertiary/aromatic N) is 1. The minimum Gasteiger partial charge on any atom is -0.352 e. The van der Waals surface area contributed by atoms with Crippen LogP contribution in [0.5, 0.6) is 0 Å². The van der Waals surface area contributed by atoms with Crippen molar-refractivity contribution < 1.29 is 8.78 Å². The lowest BCUT2D eigenvalue weighted by Gasteiger charge is -2.20. The molecule has 0 saturated carbocycles. The van der Waals surface area contributed by atoms with Gasteiger partial charge >= 0.3 is 0 Å². The van der Waals surface area contributed by atoms with Crippen LogP contribution in [0, 0.1) is 11.6 Å². The SMILES string of the molecule is Cl.Fc1ccc(CNC2=NC(c3cccc(Cl)c3)C(c3cccc(Cl)c3)N2)cc1F. The smallest absolute Gasteiger partial charge is 0.192 e. The van der Waals surface area contributed by atoms with Crippen LogP contribution in [0.15, 0.2) is 71.7 Å². The number of hydrogen-bond acceptors (Lipinski definition) is 3. The van der Waals surface area contributed by atoms with Crippen LogP contribution in [-0.4, -0.2) is 5.96 Å². The highest BCUT2D eigenvalue weighted by Crippen LogP contribution is 2.37. The monoisotopic (exact) mass is 467 g/mol. The Balaban J connectivity index is 0.00000256. The molecule has 0 fully saturated rings. The van der Waals surface area contributed by atoms with Gasteiger partial charge in [-0.3, -0.25) is 0 Å². The van der Waals surface area contributed by atoms with Crippen LogP contribution >= 0.6 is 35.6 Å². The Kier molecular flexibility index (Phi) is 7.19. The highest BCUT2D eigenvalue weighted by molar-refractivity contribution is 6.30. The molecule has 8 heteroatoms. The Bertz CT molecular complexity index is 1070. The lowest BCUT2D eigenvalue weighted by atomic mass is 9.95. The summed E-state index contributed by atoms with van der Waals surface area (Å²) in [5.41, 5.74) is 2.55. The van der Waals surface area contributed by atoms with Crippen LogP contribution in [0.3, 0.4) is 0 Å². The number of guanidine groups is 1. The van der Waals surface area contributed by atoms with Crippen molar-refractivity contribution in [3.63, 3.8) is 0 Å². The molecule has 1 aliphatic heterocycles. The van der Waals surface area contributed by atoms with E-state index in [4.69, 9.17) is 28.2 Å². The Hall–Kier alpha value is -2.34. The van der Waals surface area contributed by atoms with Gasteiger partial charge in [-0.1, -0.05) is 53.5 Å². The maximum Gasteiger partial charge on any atom is 0.192 e. The molecule has 3 aromatic carbocycles. The van der Waals surface area contributed by atoms with E-state index in [1.807, 2.05) is 48.5 Å². The molecule has 0 radical (unpaired) electrons. The van der Waals surface area contributed by atoms with Crippen molar-refractivity contribution in [2.75, 3.05) is 0 Å². The second kappa shape index (κ2) is 9.65. The summed E-state index contributed by atoms with van der Waals surface area (Å²) in [6.45, 7) is 0.299. The van der Waals surface area contributed by atoms with E-state index in [0.29, 0.717) is 28.1 Å². The van der Waals surface area contributed by atoms with E-state index in [0.717, 1.165) is 17.2 Å². The fourth-order valence-corrected chi connectivity index (χ4v) is 3.73. The fraction of sp³-hybridized carbons (Fsp3) is 0.136. The summed E-state index contributed by atoms with van der Waals surface area (Å²) in [5, 5.41) is 7.79. The molecule has 2 unspecified atom stereocenters. The Labute approximate surface area is 189 Å². The summed E-state index contributed by atoms with van der Waals surface area (Å²) < 4.78 is 26.6. The number of aliphatic imine (C=N–C) groups is 1. The highest BCUT2D eigenvalue weighted by atomic mass is 35.5. The molecule has 156 valence electrons. The van der Waals surface area contributed by atoms with Crippen LogP contribution in [0.1, 0.15) is 28.8 Å². The summed E-state index contributed by atoms with van der Waals surface area (Å²) in [6, 6.07) is 18.6. The van der Waals surface area contributed by atoms with E-state index in [9.17, 15) is 8.78 Å². The van der Waals surface area contributed by atoms with Crippen molar-refractivity contribution in [1.82, 2.24) is 10.6 Å². The van der Waals surface area contributed by atoms with Crippen molar-refractivity contribution in [3.05, 3.63) is 105 Å². The molecule has 0 bridgehead atoms. The van der Waals surface area contributed by atoms with Crippen LogP contribution in [-0.2, 0) is 6.54 Å². The first-order chi connectivity index (χ1) is 14.0. The van der Waals surface area contributed by atoms with Crippen molar-refractivity contribution >= 4 is 41.6 Å². The molecule has 0 spiro atoms. The van der Waals surface area contributed by atoms with E-state index >= 15 is 0 Å². The highest BCUT2D eigenvalue weighted by Gasteiger charge is 2.31. The summed E-state index contributed by atoms with van der Waals surface area (Å²) in [7, 11) is 0. The molecular weight excluding hydrogens is 451 g/mol. The molecule has 1 heterocycles. The van der Waals surface area contributed by atoms with Crippen LogP contribution < -0.4 is 10.6 Å². The topological polar surface area (TPSA) is 36.4 Å². The van der Waals surface area contributed by atoms with Crippen molar-refractivity contribution in [2.24, 2.45) is 4.99 Å². The number of nitrogens with one attached hydrogen (secondary N) is 2. The van der Waals surface area contributed by atoms with E-state index in [2.05, 4.69) is 10.6 Å². The van der Waals surface area contributed by atoms with Crippen molar-refractivity contribution in [1.29, 1.82) is 0 Å². The molecule has 0 aliphatic carbocycles. The lowest BCUT2D eigenvalue weighted by molar-refractivity contribution is 0.506. The molecule has 2 N–H and O–H groups in total. The lowest BCUT2D eigenvalue weighted by Crippen LogP contribution is -2.35. The van der Waals surface area contributed by atoms with E-state index in [1.54, 1.807) is 0 Å². The van der Waals surface area contributed by atoms with Crippen LogP contribution in [0.4, 0.5) is 8.78 Å². The molecule has 3 nitrogen and oxygen atoms in total. The standard InChI is InChI=1S/C22H17Cl2F2N3.ClH/c23-16-5-1-3-14(10-16)20-21(15-4-2-6-17(24)11-15)29-22(28-20)27-12-13-7-8-18(25)19(26)9-13;/h1-11,20-21H,12H2,(H2,27,28,29);1H. The van der Waals surface area contributed by atoms with Gasteiger partial charge in [0, 0.05) is 16.6 Å². The average Bonchev–Trinajstić information content (AvgIpc) is 3.13. The Morgan fingerprint density at radius 3 is 2.20 bits per heavy atom. The van der Waals surface area contributed by atoms with Crippen molar-refractivity contribution in [3.8, 4) is 0 Å². The van der Waals surface area contributed by atoms with Gasteiger partial charge in [0.1, 0.15) is 6.04 Å². The van der Waals surface area contributed by atoms with Gasteiger partial charge in [-0.25, -0.2) is 13.8 Å². The van der Waals surface area contributed by atoms with Gasteiger partial charge in [0.2, 0.25) is 0 Å². The molecule has 0 aromatic heterocycles. The number of hydrogen-bond donors (Lipinski definition) is 2. The van der Waals surface area contributed by atoms with Gasteiger partial charge in [-0.2, -0.15) is 0 Å². The number of rotatable bonds is 4. The molecule has 4 rings (SSSR count).